The Morgan fingerprint density at radius 3 is 2.68 bits per heavy atom. The van der Waals surface area contributed by atoms with E-state index in [0.717, 1.165) is 19.3 Å². The van der Waals surface area contributed by atoms with Gasteiger partial charge in [-0.1, -0.05) is 30.3 Å². The fraction of sp³-hybridized carbons (Fsp3) is 0.318. The van der Waals surface area contributed by atoms with Crippen molar-refractivity contribution in [3.05, 3.63) is 66.1 Å². The standard InChI is InChI=1S/C22H22N2O4/c25-21(14-27-22(26)18-6-7-19-20(13-18)28-15-23-19)24-10-8-17(9-11-24)12-16-4-2-1-3-5-16/h1-7,13,15,17H,8-12,14H2. The van der Waals surface area contributed by atoms with Crippen LogP contribution in [-0.4, -0.2) is 41.5 Å². The number of fused-ring (bicyclic) bond motifs is 1. The molecule has 0 unspecified atom stereocenters. The molecular formula is C22H22N2O4. The lowest BCUT2D eigenvalue weighted by Crippen LogP contribution is -2.41. The molecule has 1 amide bonds. The van der Waals surface area contributed by atoms with Crippen LogP contribution < -0.4 is 0 Å². The van der Waals surface area contributed by atoms with Gasteiger partial charge < -0.3 is 14.1 Å². The number of nitrogens with zero attached hydrogens (tertiary/aromatic N) is 2. The number of rotatable bonds is 5. The van der Waals surface area contributed by atoms with Crippen molar-refractivity contribution in [2.24, 2.45) is 5.92 Å². The smallest absolute Gasteiger partial charge is 0.338 e. The van der Waals surface area contributed by atoms with E-state index in [0.29, 0.717) is 35.7 Å². The zero-order chi connectivity index (χ0) is 19.3. The number of oxazole rings is 1. The molecule has 0 aliphatic carbocycles. The summed E-state index contributed by atoms with van der Waals surface area (Å²) < 4.78 is 10.4. The molecule has 1 aliphatic heterocycles. The zero-order valence-electron chi connectivity index (χ0n) is 15.5. The van der Waals surface area contributed by atoms with Gasteiger partial charge in [-0.15, -0.1) is 0 Å². The summed E-state index contributed by atoms with van der Waals surface area (Å²) in [5.41, 5.74) is 2.87. The van der Waals surface area contributed by atoms with Crippen LogP contribution in [0.15, 0.2) is 59.3 Å². The van der Waals surface area contributed by atoms with E-state index in [1.807, 2.05) is 6.07 Å². The molecule has 1 aromatic heterocycles. The van der Waals surface area contributed by atoms with Gasteiger partial charge in [0.15, 0.2) is 18.6 Å². The number of hydrogen-bond acceptors (Lipinski definition) is 5. The molecule has 2 heterocycles. The van der Waals surface area contributed by atoms with Gasteiger partial charge in [-0.05, 0) is 48.9 Å². The highest BCUT2D eigenvalue weighted by Gasteiger charge is 2.24. The highest BCUT2D eigenvalue weighted by atomic mass is 16.5. The monoisotopic (exact) mass is 378 g/mol. The topological polar surface area (TPSA) is 72.6 Å². The molecule has 2 aromatic carbocycles. The summed E-state index contributed by atoms with van der Waals surface area (Å²) in [7, 11) is 0. The largest absolute Gasteiger partial charge is 0.452 e. The van der Waals surface area contributed by atoms with Crippen LogP contribution in [0.2, 0.25) is 0 Å². The van der Waals surface area contributed by atoms with Crippen molar-refractivity contribution in [1.82, 2.24) is 9.88 Å². The summed E-state index contributed by atoms with van der Waals surface area (Å²) in [5, 5.41) is 0. The van der Waals surface area contributed by atoms with Gasteiger partial charge in [0.2, 0.25) is 0 Å². The van der Waals surface area contributed by atoms with Crippen LogP contribution in [0.4, 0.5) is 0 Å². The predicted molar refractivity (Wildman–Crippen MR) is 104 cm³/mol. The summed E-state index contributed by atoms with van der Waals surface area (Å²) in [6.07, 6.45) is 4.31. The number of piperidine rings is 1. The van der Waals surface area contributed by atoms with Crippen molar-refractivity contribution in [1.29, 1.82) is 0 Å². The lowest BCUT2D eigenvalue weighted by Gasteiger charge is -2.32. The third-order valence-corrected chi connectivity index (χ3v) is 5.23. The van der Waals surface area contributed by atoms with E-state index in [4.69, 9.17) is 9.15 Å². The minimum Gasteiger partial charge on any atom is -0.452 e. The van der Waals surface area contributed by atoms with Crippen LogP contribution >= 0.6 is 0 Å². The number of hydrogen-bond donors (Lipinski definition) is 0. The van der Waals surface area contributed by atoms with E-state index in [2.05, 4.69) is 29.2 Å². The summed E-state index contributed by atoms with van der Waals surface area (Å²) in [6.45, 7) is 1.17. The number of carbonyl (C=O) groups is 2. The zero-order valence-corrected chi connectivity index (χ0v) is 15.5. The first kappa shape index (κ1) is 18.2. The molecule has 144 valence electrons. The summed E-state index contributed by atoms with van der Waals surface area (Å²) >= 11 is 0. The molecule has 1 saturated heterocycles. The first-order valence-electron chi connectivity index (χ1n) is 9.51. The van der Waals surface area contributed by atoms with Crippen LogP contribution in [-0.2, 0) is 16.0 Å². The predicted octanol–water partition coefficient (Wildman–Crippen LogP) is 3.47. The Morgan fingerprint density at radius 2 is 1.89 bits per heavy atom. The quantitative estimate of drug-likeness (QED) is 0.636. The van der Waals surface area contributed by atoms with Gasteiger partial charge in [0.25, 0.3) is 5.91 Å². The Kier molecular flexibility index (Phi) is 5.37. The van der Waals surface area contributed by atoms with Gasteiger partial charge in [-0.2, -0.15) is 0 Å². The van der Waals surface area contributed by atoms with E-state index in [9.17, 15) is 9.59 Å². The van der Waals surface area contributed by atoms with Gasteiger partial charge in [-0.3, -0.25) is 4.79 Å². The second-order valence-corrected chi connectivity index (χ2v) is 7.12. The molecule has 28 heavy (non-hydrogen) atoms. The van der Waals surface area contributed by atoms with Crippen LogP contribution in [0.1, 0.15) is 28.8 Å². The molecule has 0 bridgehead atoms. The average molecular weight is 378 g/mol. The van der Waals surface area contributed by atoms with E-state index >= 15 is 0 Å². The van der Waals surface area contributed by atoms with Crippen LogP contribution in [0.5, 0.6) is 0 Å². The second kappa shape index (κ2) is 8.25. The van der Waals surface area contributed by atoms with Crippen LogP contribution in [0.25, 0.3) is 11.1 Å². The molecule has 0 saturated carbocycles. The number of benzene rings is 2. The van der Waals surface area contributed by atoms with Gasteiger partial charge in [0, 0.05) is 13.1 Å². The Bertz CT molecular complexity index is 959. The van der Waals surface area contributed by atoms with E-state index in [1.165, 1.54) is 12.0 Å². The van der Waals surface area contributed by atoms with Gasteiger partial charge in [0.1, 0.15) is 5.52 Å². The first-order chi connectivity index (χ1) is 13.7. The van der Waals surface area contributed by atoms with Crippen molar-refractivity contribution in [2.45, 2.75) is 19.3 Å². The number of ether oxygens (including phenoxy) is 1. The van der Waals surface area contributed by atoms with Gasteiger partial charge in [0.05, 0.1) is 5.56 Å². The average Bonchev–Trinajstić information content (AvgIpc) is 3.21. The number of likely N-dealkylation sites (tertiary alicyclic amines) is 1. The second-order valence-electron chi connectivity index (χ2n) is 7.12. The summed E-state index contributed by atoms with van der Waals surface area (Å²) in [5.74, 6) is -0.0968. The van der Waals surface area contributed by atoms with E-state index in [1.54, 1.807) is 23.1 Å². The maximum absolute atomic E-state index is 12.4. The number of esters is 1. The number of amides is 1. The molecule has 3 aromatic rings. The molecule has 1 fully saturated rings. The summed E-state index contributed by atoms with van der Waals surface area (Å²) in [4.78, 5) is 30.4. The minimum atomic E-state index is -0.536. The molecular weight excluding hydrogens is 356 g/mol. The molecule has 4 rings (SSSR count). The van der Waals surface area contributed by atoms with E-state index in [-0.39, 0.29) is 12.5 Å². The fourth-order valence-electron chi connectivity index (χ4n) is 3.62. The molecule has 0 N–H and O–H groups in total. The normalized spacial score (nSPS) is 14.9. The van der Waals surface area contributed by atoms with E-state index < -0.39 is 5.97 Å². The van der Waals surface area contributed by atoms with Crippen LogP contribution in [0.3, 0.4) is 0 Å². The molecule has 0 spiro atoms. The number of carbonyl (C=O) groups excluding carboxylic acids is 2. The highest BCUT2D eigenvalue weighted by molar-refractivity contribution is 5.94. The Hall–Kier alpha value is -3.15. The Labute approximate surface area is 163 Å². The lowest BCUT2D eigenvalue weighted by molar-refractivity contribution is -0.135. The Morgan fingerprint density at radius 1 is 1.11 bits per heavy atom. The fourth-order valence-corrected chi connectivity index (χ4v) is 3.62. The third-order valence-electron chi connectivity index (χ3n) is 5.23. The van der Waals surface area contributed by atoms with Gasteiger partial charge in [-0.25, -0.2) is 9.78 Å². The van der Waals surface area contributed by atoms with Crippen molar-refractivity contribution in [3.63, 3.8) is 0 Å². The first-order valence-corrected chi connectivity index (χ1v) is 9.51. The maximum Gasteiger partial charge on any atom is 0.338 e. The van der Waals surface area contributed by atoms with Crippen molar-refractivity contribution >= 4 is 23.0 Å². The lowest BCUT2D eigenvalue weighted by atomic mass is 9.90. The maximum atomic E-state index is 12.4. The van der Waals surface area contributed by atoms with Crippen molar-refractivity contribution in [2.75, 3.05) is 19.7 Å². The molecule has 6 heteroatoms. The van der Waals surface area contributed by atoms with Crippen molar-refractivity contribution in [3.8, 4) is 0 Å². The molecule has 1 aliphatic rings. The highest BCUT2D eigenvalue weighted by Crippen LogP contribution is 2.22. The molecule has 0 radical (unpaired) electrons. The number of aromatic nitrogens is 1. The molecule has 0 atom stereocenters. The Balaban J connectivity index is 1.24. The van der Waals surface area contributed by atoms with Gasteiger partial charge >= 0.3 is 5.97 Å². The minimum absolute atomic E-state index is 0.146. The summed E-state index contributed by atoms with van der Waals surface area (Å²) in [6, 6.07) is 15.3. The third kappa shape index (κ3) is 4.22. The molecule has 6 nitrogen and oxygen atoms in total. The van der Waals surface area contributed by atoms with Crippen LogP contribution in [0, 0.1) is 5.92 Å². The SMILES string of the molecule is O=C(OCC(=O)N1CCC(Cc2ccccc2)CC1)c1ccc2ncoc2c1. The van der Waals surface area contributed by atoms with Crippen molar-refractivity contribution < 1.29 is 18.7 Å².